The fraction of sp³-hybridized carbons (Fsp3) is 0.276. The van der Waals surface area contributed by atoms with E-state index in [4.69, 9.17) is 18.6 Å². The quantitative estimate of drug-likeness (QED) is 0.187. The Morgan fingerprint density at radius 2 is 1.55 bits per heavy atom. The van der Waals surface area contributed by atoms with Gasteiger partial charge in [0.1, 0.15) is 64.1 Å². The standard InChI is InChI=1S/C29H28O11/c30-14-24-26(34)27(35)28(36)29(40-24)38-18-7-3-16(4-8-18)22-13-21(33)25-20(32)11-19(12-23(25)39-22)37-10-9-15-1-5-17(31)6-2-15/h1-8,11-13,24,26-32,34-36H,9-10,14H2/t24-,26-,27+,28-,29-/m1/s1. The van der Waals surface area contributed by atoms with Gasteiger partial charge in [-0.1, -0.05) is 12.1 Å². The fourth-order valence-electron chi connectivity index (χ4n) is 4.42. The van der Waals surface area contributed by atoms with Crippen molar-refractivity contribution in [1.82, 2.24) is 0 Å². The maximum Gasteiger partial charge on any atom is 0.229 e. The molecule has 5 atom stereocenters. The van der Waals surface area contributed by atoms with Crippen LogP contribution in [-0.4, -0.2) is 74.6 Å². The molecular formula is C29H28O11. The Kier molecular flexibility index (Phi) is 7.92. The third kappa shape index (κ3) is 5.74. The van der Waals surface area contributed by atoms with Gasteiger partial charge in [-0.15, -0.1) is 0 Å². The minimum atomic E-state index is -1.57. The molecule has 1 aliphatic rings. The van der Waals surface area contributed by atoms with Crippen LogP contribution in [-0.2, 0) is 11.2 Å². The molecular weight excluding hydrogens is 524 g/mol. The molecule has 4 aromatic rings. The molecule has 11 nitrogen and oxygen atoms in total. The first kappa shape index (κ1) is 27.4. The van der Waals surface area contributed by atoms with Gasteiger partial charge in [0, 0.05) is 30.2 Å². The van der Waals surface area contributed by atoms with E-state index in [0.717, 1.165) is 5.56 Å². The molecule has 0 radical (unpaired) electrons. The number of ether oxygens (including phenoxy) is 3. The van der Waals surface area contributed by atoms with Gasteiger partial charge in [0.2, 0.25) is 6.29 Å². The number of aromatic hydroxyl groups is 2. The Bertz CT molecular complexity index is 1510. The summed E-state index contributed by atoms with van der Waals surface area (Å²) in [7, 11) is 0. The third-order valence-electron chi connectivity index (χ3n) is 6.62. The van der Waals surface area contributed by atoms with Crippen molar-refractivity contribution in [2.24, 2.45) is 0 Å². The monoisotopic (exact) mass is 552 g/mol. The van der Waals surface area contributed by atoms with Crippen LogP contribution in [0.1, 0.15) is 5.56 Å². The molecule has 11 heteroatoms. The van der Waals surface area contributed by atoms with Crippen molar-refractivity contribution in [3.05, 3.63) is 82.5 Å². The van der Waals surface area contributed by atoms with Crippen LogP contribution < -0.4 is 14.9 Å². The first-order valence-electron chi connectivity index (χ1n) is 12.5. The van der Waals surface area contributed by atoms with Gasteiger partial charge in [0.05, 0.1) is 13.2 Å². The lowest BCUT2D eigenvalue weighted by Gasteiger charge is -2.39. The maximum absolute atomic E-state index is 12.8. The zero-order valence-corrected chi connectivity index (χ0v) is 21.1. The van der Waals surface area contributed by atoms with E-state index in [1.54, 1.807) is 36.4 Å². The zero-order valence-electron chi connectivity index (χ0n) is 21.1. The average molecular weight is 553 g/mol. The minimum Gasteiger partial charge on any atom is -0.508 e. The molecule has 1 fully saturated rings. The van der Waals surface area contributed by atoms with Crippen LogP contribution in [0.15, 0.2) is 75.9 Å². The highest BCUT2D eigenvalue weighted by atomic mass is 16.7. The highest BCUT2D eigenvalue weighted by Crippen LogP contribution is 2.32. The van der Waals surface area contributed by atoms with Crippen molar-refractivity contribution in [3.63, 3.8) is 0 Å². The van der Waals surface area contributed by atoms with E-state index in [1.165, 1.54) is 30.3 Å². The molecule has 210 valence electrons. The fourth-order valence-corrected chi connectivity index (χ4v) is 4.42. The topological polar surface area (TPSA) is 179 Å². The summed E-state index contributed by atoms with van der Waals surface area (Å²) in [6.07, 6.45) is -6.51. The van der Waals surface area contributed by atoms with Crippen LogP contribution in [0.2, 0.25) is 0 Å². The third-order valence-corrected chi connectivity index (χ3v) is 6.62. The van der Waals surface area contributed by atoms with Gasteiger partial charge in [-0.05, 0) is 42.0 Å². The Morgan fingerprint density at radius 3 is 2.25 bits per heavy atom. The average Bonchev–Trinajstić information content (AvgIpc) is 2.94. The van der Waals surface area contributed by atoms with Gasteiger partial charge in [0.25, 0.3) is 0 Å². The number of phenolic OH excluding ortho intramolecular Hbond substituents is 2. The smallest absolute Gasteiger partial charge is 0.229 e. The van der Waals surface area contributed by atoms with E-state index in [0.29, 0.717) is 17.7 Å². The first-order chi connectivity index (χ1) is 19.2. The largest absolute Gasteiger partial charge is 0.508 e. The van der Waals surface area contributed by atoms with Crippen LogP contribution in [0, 0.1) is 0 Å². The minimum absolute atomic E-state index is 0.0113. The van der Waals surface area contributed by atoms with Gasteiger partial charge in [-0.2, -0.15) is 0 Å². The number of phenols is 2. The van der Waals surface area contributed by atoms with Gasteiger partial charge < -0.3 is 49.3 Å². The highest BCUT2D eigenvalue weighted by molar-refractivity contribution is 5.86. The van der Waals surface area contributed by atoms with Crippen LogP contribution in [0.3, 0.4) is 0 Å². The molecule has 5 rings (SSSR count). The van der Waals surface area contributed by atoms with E-state index in [2.05, 4.69) is 0 Å². The summed E-state index contributed by atoms with van der Waals surface area (Å²) < 4.78 is 22.6. The van der Waals surface area contributed by atoms with Crippen molar-refractivity contribution in [2.45, 2.75) is 37.1 Å². The Balaban J connectivity index is 1.32. The molecule has 0 saturated carbocycles. The number of hydrogen-bond donors (Lipinski definition) is 6. The second-order valence-electron chi connectivity index (χ2n) is 9.39. The lowest BCUT2D eigenvalue weighted by atomic mass is 9.99. The predicted molar refractivity (Wildman–Crippen MR) is 141 cm³/mol. The number of rotatable bonds is 8. The molecule has 0 aliphatic carbocycles. The molecule has 6 N–H and O–H groups in total. The number of fused-ring (bicyclic) bond motifs is 1. The van der Waals surface area contributed by atoms with Gasteiger partial charge in [-0.3, -0.25) is 4.79 Å². The number of hydrogen-bond acceptors (Lipinski definition) is 11. The van der Waals surface area contributed by atoms with Gasteiger partial charge in [-0.25, -0.2) is 0 Å². The van der Waals surface area contributed by atoms with Crippen LogP contribution >= 0.6 is 0 Å². The van der Waals surface area contributed by atoms with Crippen molar-refractivity contribution >= 4 is 11.0 Å². The molecule has 1 aromatic heterocycles. The summed E-state index contributed by atoms with van der Waals surface area (Å²) in [5.74, 6) is 0.676. The normalized spacial score (nSPS) is 22.8. The van der Waals surface area contributed by atoms with E-state index in [-0.39, 0.29) is 40.6 Å². The SMILES string of the molecule is O=c1cc(-c2ccc(O[C@@H]3O[C@H](CO)[C@@H](O)[C@H](O)[C@H]3O)cc2)oc2cc(OCCc3ccc(O)cc3)cc(O)c12. The molecule has 1 saturated heterocycles. The van der Waals surface area contributed by atoms with Crippen LogP contribution in [0.4, 0.5) is 0 Å². The summed E-state index contributed by atoms with van der Waals surface area (Å²) in [4.78, 5) is 12.8. The molecule has 1 aliphatic heterocycles. The molecule has 40 heavy (non-hydrogen) atoms. The summed E-state index contributed by atoms with van der Waals surface area (Å²) in [6, 6.07) is 17.1. The van der Waals surface area contributed by atoms with E-state index in [9.17, 15) is 35.4 Å². The highest BCUT2D eigenvalue weighted by Gasteiger charge is 2.44. The van der Waals surface area contributed by atoms with Crippen molar-refractivity contribution in [3.8, 4) is 34.3 Å². The number of aliphatic hydroxyl groups excluding tert-OH is 4. The van der Waals surface area contributed by atoms with E-state index >= 15 is 0 Å². The Morgan fingerprint density at radius 1 is 0.825 bits per heavy atom. The molecule has 0 amide bonds. The molecule has 3 aromatic carbocycles. The summed E-state index contributed by atoms with van der Waals surface area (Å²) in [5.41, 5.74) is 1.14. The van der Waals surface area contributed by atoms with Crippen molar-refractivity contribution < 1.29 is 49.3 Å². The lowest BCUT2D eigenvalue weighted by Crippen LogP contribution is -2.60. The first-order valence-corrected chi connectivity index (χ1v) is 12.5. The van der Waals surface area contributed by atoms with Gasteiger partial charge in [0.15, 0.2) is 5.43 Å². The zero-order chi connectivity index (χ0) is 28.4. The van der Waals surface area contributed by atoms with Crippen molar-refractivity contribution in [1.29, 1.82) is 0 Å². The molecule has 0 unspecified atom stereocenters. The molecule has 0 bridgehead atoms. The summed E-state index contributed by atoms with van der Waals surface area (Å²) in [5, 5.41) is 59.3. The lowest BCUT2D eigenvalue weighted by molar-refractivity contribution is -0.277. The predicted octanol–water partition coefficient (Wildman–Crippen LogP) is 1.67. The second kappa shape index (κ2) is 11.5. The Labute approximate surface area is 227 Å². The van der Waals surface area contributed by atoms with E-state index < -0.39 is 42.7 Å². The number of aliphatic hydroxyl groups is 4. The van der Waals surface area contributed by atoms with Crippen molar-refractivity contribution in [2.75, 3.05) is 13.2 Å². The maximum atomic E-state index is 12.8. The van der Waals surface area contributed by atoms with E-state index in [1.807, 2.05) is 0 Å². The second-order valence-corrected chi connectivity index (χ2v) is 9.39. The number of benzene rings is 3. The summed E-state index contributed by atoms with van der Waals surface area (Å²) >= 11 is 0. The molecule has 0 spiro atoms. The Hall–Kier alpha value is -4.13. The molecule has 2 heterocycles. The summed E-state index contributed by atoms with van der Waals surface area (Å²) in [6.45, 7) is -0.291. The van der Waals surface area contributed by atoms with Crippen LogP contribution in [0.5, 0.6) is 23.0 Å². The van der Waals surface area contributed by atoms with Gasteiger partial charge >= 0.3 is 0 Å². The van der Waals surface area contributed by atoms with Crippen LogP contribution in [0.25, 0.3) is 22.3 Å².